The Bertz CT molecular complexity index is 390. The number of ether oxygens (including phenoxy) is 2. The second kappa shape index (κ2) is 8.40. The molecule has 0 aromatic heterocycles. The summed E-state index contributed by atoms with van der Waals surface area (Å²) in [4.78, 5) is 0. The summed E-state index contributed by atoms with van der Waals surface area (Å²) in [6.07, 6.45) is -0.569. The maximum Gasteiger partial charge on any atom is 0.103 e. The zero-order chi connectivity index (χ0) is 15.1. The van der Waals surface area contributed by atoms with Gasteiger partial charge in [0.1, 0.15) is 6.10 Å². The highest BCUT2D eigenvalue weighted by Crippen LogP contribution is 2.23. The average Bonchev–Trinajstić information content (AvgIpc) is 2.31. The third kappa shape index (κ3) is 5.61. The Hall–Kier alpha value is -0.900. The molecule has 0 radical (unpaired) electrons. The molecule has 0 aliphatic carbocycles. The Kier molecular flexibility index (Phi) is 7.20. The number of aryl methyl sites for hydroxylation is 3. The van der Waals surface area contributed by atoms with Crippen LogP contribution in [-0.2, 0) is 9.47 Å². The van der Waals surface area contributed by atoms with E-state index in [-0.39, 0.29) is 0 Å². The number of aliphatic hydroxyl groups is 1. The first-order chi connectivity index (χ1) is 9.41. The topological polar surface area (TPSA) is 38.7 Å². The SMILES string of the molecule is Cc1cc(C)c(C(O)COCCOCC(C)C)c(C)c1. The molecule has 1 unspecified atom stereocenters. The molecule has 0 fully saturated rings. The Morgan fingerprint density at radius 2 is 1.45 bits per heavy atom. The Balaban J connectivity index is 2.38. The molecule has 1 N–H and O–H groups in total. The van der Waals surface area contributed by atoms with Crippen molar-refractivity contribution in [1.82, 2.24) is 0 Å². The van der Waals surface area contributed by atoms with E-state index in [4.69, 9.17) is 9.47 Å². The Morgan fingerprint density at radius 3 is 1.95 bits per heavy atom. The molecule has 20 heavy (non-hydrogen) atoms. The van der Waals surface area contributed by atoms with Crippen molar-refractivity contribution in [3.05, 3.63) is 34.4 Å². The summed E-state index contributed by atoms with van der Waals surface area (Å²) < 4.78 is 10.9. The van der Waals surface area contributed by atoms with Crippen LogP contribution in [0.25, 0.3) is 0 Å². The van der Waals surface area contributed by atoms with Crippen LogP contribution >= 0.6 is 0 Å². The lowest BCUT2D eigenvalue weighted by Gasteiger charge is -2.17. The van der Waals surface area contributed by atoms with Crippen molar-refractivity contribution in [2.75, 3.05) is 26.4 Å². The van der Waals surface area contributed by atoms with E-state index in [2.05, 4.69) is 32.9 Å². The molecule has 1 aromatic carbocycles. The van der Waals surface area contributed by atoms with Crippen molar-refractivity contribution in [1.29, 1.82) is 0 Å². The molecule has 0 saturated carbocycles. The lowest BCUT2D eigenvalue weighted by molar-refractivity contribution is -0.00154. The molecule has 0 aliphatic heterocycles. The minimum atomic E-state index is -0.569. The first-order valence-electron chi connectivity index (χ1n) is 7.33. The van der Waals surface area contributed by atoms with Crippen LogP contribution in [0.15, 0.2) is 12.1 Å². The van der Waals surface area contributed by atoms with Gasteiger partial charge in [-0.2, -0.15) is 0 Å². The van der Waals surface area contributed by atoms with Crippen molar-refractivity contribution in [2.24, 2.45) is 5.92 Å². The molecule has 0 amide bonds. The summed E-state index contributed by atoms with van der Waals surface area (Å²) in [5, 5.41) is 10.3. The fourth-order valence-electron chi connectivity index (χ4n) is 2.43. The van der Waals surface area contributed by atoms with E-state index in [1.807, 2.05) is 13.8 Å². The van der Waals surface area contributed by atoms with Crippen LogP contribution in [0.3, 0.4) is 0 Å². The third-order valence-corrected chi connectivity index (χ3v) is 3.17. The smallest absolute Gasteiger partial charge is 0.103 e. The fraction of sp³-hybridized carbons (Fsp3) is 0.647. The first-order valence-corrected chi connectivity index (χ1v) is 7.33. The molecular weight excluding hydrogens is 252 g/mol. The summed E-state index contributed by atoms with van der Waals surface area (Å²) in [5.74, 6) is 0.540. The van der Waals surface area contributed by atoms with Crippen molar-refractivity contribution in [3.63, 3.8) is 0 Å². The summed E-state index contributed by atoms with van der Waals surface area (Å²) in [6, 6.07) is 4.19. The normalized spacial score (nSPS) is 12.9. The van der Waals surface area contributed by atoms with Gasteiger partial charge in [-0.25, -0.2) is 0 Å². The van der Waals surface area contributed by atoms with E-state index in [9.17, 15) is 5.11 Å². The van der Waals surface area contributed by atoms with Crippen LogP contribution in [0.5, 0.6) is 0 Å². The molecule has 1 rings (SSSR count). The van der Waals surface area contributed by atoms with E-state index in [0.29, 0.717) is 25.7 Å². The molecule has 0 bridgehead atoms. The van der Waals surface area contributed by atoms with E-state index in [1.165, 1.54) is 5.56 Å². The predicted molar refractivity (Wildman–Crippen MR) is 82.1 cm³/mol. The van der Waals surface area contributed by atoms with E-state index in [1.54, 1.807) is 0 Å². The van der Waals surface area contributed by atoms with Crippen molar-refractivity contribution in [3.8, 4) is 0 Å². The molecule has 3 nitrogen and oxygen atoms in total. The number of hydrogen-bond acceptors (Lipinski definition) is 3. The summed E-state index contributed by atoms with van der Waals surface area (Å²) >= 11 is 0. The Labute approximate surface area is 122 Å². The maximum atomic E-state index is 10.3. The molecule has 0 spiro atoms. The van der Waals surface area contributed by atoms with Crippen LogP contribution in [0.2, 0.25) is 0 Å². The second-order valence-corrected chi connectivity index (χ2v) is 5.87. The van der Waals surface area contributed by atoms with Gasteiger partial charge in [0.05, 0.1) is 19.8 Å². The van der Waals surface area contributed by atoms with Crippen molar-refractivity contribution in [2.45, 2.75) is 40.7 Å². The largest absolute Gasteiger partial charge is 0.386 e. The molecular formula is C17H28O3. The van der Waals surface area contributed by atoms with Crippen LogP contribution in [-0.4, -0.2) is 31.5 Å². The molecule has 3 heteroatoms. The highest BCUT2D eigenvalue weighted by Gasteiger charge is 2.13. The van der Waals surface area contributed by atoms with Crippen molar-refractivity contribution < 1.29 is 14.6 Å². The quantitative estimate of drug-likeness (QED) is 0.742. The monoisotopic (exact) mass is 280 g/mol. The molecule has 1 aromatic rings. The number of benzene rings is 1. The summed E-state index contributed by atoms with van der Waals surface area (Å²) in [5.41, 5.74) is 4.45. The van der Waals surface area contributed by atoms with Crippen LogP contribution in [0, 0.1) is 26.7 Å². The van der Waals surface area contributed by atoms with Crippen LogP contribution in [0.4, 0.5) is 0 Å². The molecule has 1 atom stereocenters. The van der Waals surface area contributed by atoms with Gasteiger partial charge in [0.25, 0.3) is 0 Å². The summed E-state index contributed by atoms with van der Waals surface area (Å²) in [7, 11) is 0. The van der Waals surface area contributed by atoms with Gasteiger partial charge in [-0.3, -0.25) is 0 Å². The number of aliphatic hydroxyl groups excluding tert-OH is 1. The lowest BCUT2D eigenvalue weighted by atomic mass is 9.96. The minimum Gasteiger partial charge on any atom is -0.386 e. The fourth-order valence-corrected chi connectivity index (χ4v) is 2.43. The van der Waals surface area contributed by atoms with Gasteiger partial charge in [-0.05, 0) is 43.4 Å². The molecule has 0 saturated heterocycles. The maximum absolute atomic E-state index is 10.3. The second-order valence-electron chi connectivity index (χ2n) is 5.87. The molecule has 0 aliphatic rings. The van der Waals surface area contributed by atoms with Gasteiger partial charge in [0.15, 0.2) is 0 Å². The van der Waals surface area contributed by atoms with Gasteiger partial charge < -0.3 is 14.6 Å². The zero-order valence-electron chi connectivity index (χ0n) is 13.4. The number of rotatable bonds is 8. The first kappa shape index (κ1) is 17.2. The van der Waals surface area contributed by atoms with Gasteiger partial charge in [0, 0.05) is 6.61 Å². The third-order valence-electron chi connectivity index (χ3n) is 3.17. The van der Waals surface area contributed by atoms with E-state index >= 15 is 0 Å². The van der Waals surface area contributed by atoms with Gasteiger partial charge in [-0.1, -0.05) is 31.5 Å². The minimum absolute atomic E-state index is 0.315. The highest BCUT2D eigenvalue weighted by molar-refractivity contribution is 5.38. The van der Waals surface area contributed by atoms with Crippen molar-refractivity contribution >= 4 is 0 Å². The zero-order valence-corrected chi connectivity index (χ0v) is 13.4. The Morgan fingerprint density at radius 1 is 0.950 bits per heavy atom. The van der Waals surface area contributed by atoms with Gasteiger partial charge in [-0.15, -0.1) is 0 Å². The van der Waals surface area contributed by atoms with E-state index in [0.717, 1.165) is 23.3 Å². The molecule has 114 valence electrons. The average molecular weight is 280 g/mol. The van der Waals surface area contributed by atoms with Crippen LogP contribution in [0.1, 0.15) is 42.2 Å². The standard InChI is InChI=1S/C17H28O3/c1-12(2)10-19-6-7-20-11-16(18)17-14(4)8-13(3)9-15(17)5/h8-9,12,16,18H,6-7,10-11H2,1-5H3. The predicted octanol–water partition coefficient (Wildman–Crippen LogP) is 3.33. The summed E-state index contributed by atoms with van der Waals surface area (Å²) in [6.45, 7) is 12.5. The number of hydrogen-bond donors (Lipinski definition) is 1. The lowest BCUT2D eigenvalue weighted by Crippen LogP contribution is -2.14. The van der Waals surface area contributed by atoms with Gasteiger partial charge in [0.2, 0.25) is 0 Å². The van der Waals surface area contributed by atoms with E-state index < -0.39 is 6.10 Å². The highest BCUT2D eigenvalue weighted by atomic mass is 16.5. The van der Waals surface area contributed by atoms with Crippen LogP contribution < -0.4 is 0 Å². The van der Waals surface area contributed by atoms with Gasteiger partial charge >= 0.3 is 0 Å². The molecule has 0 heterocycles.